The molecule has 0 radical (unpaired) electrons. The van der Waals surface area contributed by atoms with Gasteiger partial charge in [0.05, 0.1) is 36.0 Å². The van der Waals surface area contributed by atoms with Gasteiger partial charge in [0.1, 0.15) is 0 Å². The van der Waals surface area contributed by atoms with E-state index in [2.05, 4.69) is 0 Å². The molecule has 2 unspecified atom stereocenters. The van der Waals surface area contributed by atoms with Gasteiger partial charge in [0.2, 0.25) is 10.0 Å². The van der Waals surface area contributed by atoms with E-state index in [1.54, 1.807) is 0 Å². The maximum Gasteiger partial charge on any atom is 0.214 e. The summed E-state index contributed by atoms with van der Waals surface area (Å²) >= 11 is 0. The van der Waals surface area contributed by atoms with E-state index in [1.165, 1.54) is 4.31 Å². The third-order valence-corrected chi connectivity index (χ3v) is 7.06. The van der Waals surface area contributed by atoms with E-state index < -0.39 is 32.0 Å². The molecule has 8 heteroatoms. The quantitative estimate of drug-likeness (QED) is 0.706. The van der Waals surface area contributed by atoms with E-state index in [4.69, 9.17) is 4.74 Å². The van der Waals surface area contributed by atoms with Crippen molar-refractivity contribution in [1.82, 2.24) is 4.31 Å². The van der Waals surface area contributed by atoms with Crippen LogP contribution in [0.1, 0.15) is 19.8 Å². The smallest absolute Gasteiger partial charge is 0.214 e. The molecule has 0 aromatic rings. The number of sulfonamides is 1. The first kappa shape index (κ1) is 14.2. The van der Waals surface area contributed by atoms with Gasteiger partial charge in [-0.25, -0.2) is 16.8 Å². The van der Waals surface area contributed by atoms with Crippen molar-refractivity contribution in [3.05, 3.63) is 0 Å². The Bertz CT molecular complexity index is 498. The molecule has 0 spiro atoms. The Morgan fingerprint density at radius 3 is 2.72 bits per heavy atom. The Balaban J connectivity index is 2.18. The van der Waals surface area contributed by atoms with Crippen LogP contribution in [0.15, 0.2) is 0 Å². The minimum atomic E-state index is -3.36. The topological polar surface area (TPSA) is 80.8 Å². The summed E-state index contributed by atoms with van der Waals surface area (Å²) in [6.45, 7) is 2.47. The predicted octanol–water partition coefficient (Wildman–Crippen LogP) is -0.386. The zero-order valence-corrected chi connectivity index (χ0v) is 12.0. The fraction of sp³-hybridized carbons (Fsp3) is 1.00. The summed E-state index contributed by atoms with van der Waals surface area (Å²) in [5, 5.41) is 0. The highest BCUT2D eigenvalue weighted by molar-refractivity contribution is 7.92. The maximum atomic E-state index is 12.2. The molecule has 2 atom stereocenters. The van der Waals surface area contributed by atoms with Gasteiger partial charge in [-0.3, -0.25) is 0 Å². The number of hydrogen-bond acceptors (Lipinski definition) is 5. The summed E-state index contributed by atoms with van der Waals surface area (Å²) in [5.74, 6) is -0.0761. The van der Waals surface area contributed by atoms with Gasteiger partial charge in [-0.1, -0.05) is 13.3 Å². The molecule has 2 fully saturated rings. The van der Waals surface area contributed by atoms with Crippen molar-refractivity contribution in [2.75, 3.05) is 30.4 Å². The lowest BCUT2D eigenvalue weighted by molar-refractivity contribution is -0.0141. The Morgan fingerprint density at radius 1 is 1.33 bits per heavy atom. The van der Waals surface area contributed by atoms with Gasteiger partial charge in [-0.05, 0) is 6.42 Å². The van der Waals surface area contributed by atoms with Crippen molar-refractivity contribution in [2.45, 2.75) is 31.9 Å². The Kier molecular flexibility index (Phi) is 4.01. The largest absolute Gasteiger partial charge is 0.374 e. The Hall–Kier alpha value is -0.180. The molecular weight excluding hydrogens is 278 g/mol. The van der Waals surface area contributed by atoms with Crippen LogP contribution in [-0.2, 0) is 24.6 Å². The molecule has 0 amide bonds. The van der Waals surface area contributed by atoms with Gasteiger partial charge in [-0.15, -0.1) is 0 Å². The zero-order chi connectivity index (χ0) is 13.4. The molecule has 0 bridgehead atoms. The summed E-state index contributed by atoms with van der Waals surface area (Å²) in [6, 6.07) is -0.523. The van der Waals surface area contributed by atoms with E-state index in [9.17, 15) is 16.8 Å². The molecule has 2 saturated heterocycles. The molecule has 2 aliphatic rings. The van der Waals surface area contributed by atoms with Gasteiger partial charge in [0, 0.05) is 6.54 Å². The third kappa shape index (κ3) is 2.87. The van der Waals surface area contributed by atoms with Crippen molar-refractivity contribution in [2.24, 2.45) is 0 Å². The second kappa shape index (κ2) is 5.07. The van der Waals surface area contributed by atoms with E-state index in [0.29, 0.717) is 6.42 Å². The second-order valence-corrected chi connectivity index (χ2v) is 9.03. The molecular formula is C10H19NO5S2. The molecule has 2 rings (SSSR count). The summed E-state index contributed by atoms with van der Waals surface area (Å²) in [7, 11) is -6.53. The predicted molar refractivity (Wildman–Crippen MR) is 67.6 cm³/mol. The van der Waals surface area contributed by atoms with Crippen LogP contribution in [0.5, 0.6) is 0 Å². The second-order valence-electron chi connectivity index (χ2n) is 4.83. The van der Waals surface area contributed by atoms with Crippen LogP contribution in [0.4, 0.5) is 0 Å². The molecule has 0 aliphatic carbocycles. The van der Waals surface area contributed by atoms with Crippen molar-refractivity contribution in [3.8, 4) is 0 Å². The van der Waals surface area contributed by atoms with Crippen LogP contribution in [0.2, 0.25) is 0 Å². The molecule has 0 saturated carbocycles. The van der Waals surface area contributed by atoms with E-state index in [0.717, 1.165) is 6.42 Å². The van der Waals surface area contributed by atoms with Crippen molar-refractivity contribution in [3.63, 3.8) is 0 Å². The highest BCUT2D eigenvalue weighted by Crippen LogP contribution is 2.27. The number of rotatable bonds is 4. The first-order valence-corrected chi connectivity index (χ1v) is 9.60. The van der Waals surface area contributed by atoms with Crippen molar-refractivity contribution >= 4 is 19.9 Å². The van der Waals surface area contributed by atoms with Crippen LogP contribution in [0.3, 0.4) is 0 Å². The monoisotopic (exact) mass is 297 g/mol. The van der Waals surface area contributed by atoms with Crippen molar-refractivity contribution in [1.29, 1.82) is 0 Å². The average Bonchev–Trinajstić information content (AvgIpc) is 2.59. The number of fused-ring (bicyclic) bond motifs is 1. The molecule has 18 heavy (non-hydrogen) atoms. The molecule has 2 heterocycles. The number of sulfone groups is 1. The van der Waals surface area contributed by atoms with Crippen LogP contribution in [0.25, 0.3) is 0 Å². The van der Waals surface area contributed by atoms with Crippen LogP contribution in [-0.4, -0.2) is 63.7 Å². The number of nitrogens with zero attached hydrogens (tertiary/aromatic N) is 1. The normalized spacial score (nSPS) is 32.3. The van der Waals surface area contributed by atoms with Gasteiger partial charge in [-0.2, -0.15) is 4.31 Å². The number of hydrogen-bond donors (Lipinski definition) is 0. The lowest BCUT2D eigenvalue weighted by atomic mass is 10.2. The number of morpholine rings is 1. The Morgan fingerprint density at radius 2 is 2.06 bits per heavy atom. The van der Waals surface area contributed by atoms with Crippen molar-refractivity contribution < 1.29 is 21.6 Å². The van der Waals surface area contributed by atoms with Gasteiger partial charge in [0.25, 0.3) is 0 Å². The Labute approximate surface area is 108 Å². The van der Waals surface area contributed by atoms with Crippen LogP contribution in [0, 0.1) is 0 Å². The fourth-order valence-electron chi connectivity index (χ4n) is 2.47. The van der Waals surface area contributed by atoms with E-state index in [-0.39, 0.29) is 30.4 Å². The first-order chi connectivity index (χ1) is 8.36. The molecule has 106 valence electrons. The standard InChI is InChI=1S/C10H19NO5S2/c1-2-3-6-18(14,15)11-4-5-16-10-8-17(12,13)7-9(10)11/h9-10H,2-8H2,1H3. The molecule has 0 N–H and O–H groups in total. The molecule has 2 aliphatic heterocycles. The fourth-order valence-corrected chi connectivity index (χ4v) is 6.30. The van der Waals surface area contributed by atoms with Gasteiger partial charge >= 0.3 is 0 Å². The highest BCUT2D eigenvalue weighted by atomic mass is 32.2. The van der Waals surface area contributed by atoms with Gasteiger partial charge < -0.3 is 4.74 Å². The molecule has 6 nitrogen and oxygen atoms in total. The summed E-state index contributed by atoms with van der Waals surface area (Å²) < 4.78 is 54.2. The molecule has 0 aromatic heterocycles. The van der Waals surface area contributed by atoms with Crippen LogP contribution < -0.4 is 0 Å². The first-order valence-electron chi connectivity index (χ1n) is 6.17. The van der Waals surface area contributed by atoms with E-state index in [1.807, 2.05) is 6.92 Å². The number of ether oxygens (including phenoxy) is 1. The summed E-state index contributed by atoms with van der Waals surface area (Å²) in [5.41, 5.74) is 0. The van der Waals surface area contributed by atoms with Crippen LogP contribution >= 0.6 is 0 Å². The lowest BCUT2D eigenvalue weighted by Gasteiger charge is -2.35. The van der Waals surface area contributed by atoms with Gasteiger partial charge in [0.15, 0.2) is 9.84 Å². The number of unbranched alkanes of at least 4 members (excludes halogenated alkanes) is 1. The average molecular weight is 297 g/mol. The lowest BCUT2D eigenvalue weighted by Crippen LogP contribution is -2.53. The van der Waals surface area contributed by atoms with E-state index >= 15 is 0 Å². The third-order valence-electron chi connectivity index (χ3n) is 3.40. The maximum absolute atomic E-state index is 12.2. The minimum absolute atomic E-state index is 0.0581. The molecule has 0 aromatic carbocycles. The highest BCUT2D eigenvalue weighted by Gasteiger charge is 2.47. The summed E-state index contributed by atoms with van der Waals surface area (Å²) in [6.07, 6.45) is 0.917. The SMILES string of the molecule is CCCCS(=O)(=O)N1CCOC2CS(=O)(=O)CC21. The minimum Gasteiger partial charge on any atom is -0.374 e. The summed E-state index contributed by atoms with van der Waals surface area (Å²) in [4.78, 5) is 0. The zero-order valence-electron chi connectivity index (χ0n) is 10.4.